The Morgan fingerprint density at radius 1 is 1.14 bits per heavy atom. The predicted molar refractivity (Wildman–Crippen MR) is 106 cm³/mol. The molecule has 4 aromatic rings. The molecular formula is C21H16ClFN4O2. The molecule has 1 amide bonds. The Morgan fingerprint density at radius 2 is 1.97 bits per heavy atom. The minimum atomic E-state index is -0.420. The van der Waals surface area contributed by atoms with Crippen molar-refractivity contribution in [3.8, 4) is 23.0 Å². The largest absolute Gasteiger partial charge is 0.350 e. The van der Waals surface area contributed by atoms with Gasteiger partial charge in [0, 0.05) is 23.3 Å². The molecule has 0 aliphatic carbocycles. The molecule has 2 aromatic heterocycles. The predicted octanol–water partition coefficient (Wildman–Crippen LogP) is 4.31. The Kier molecular flexibility index (Phi) is 5.39. The number of amides is 1. The highest BCUT2D eigenvalue weighted by Crippen LogP contribution is 2.22. The third-order valence-corrected chi connectivity index (χ3v) is 4.66. The molecule has 1 N–H and O–H groups in total. The Labute approximate surface area is 170 Å². The van der Waals surface area contributed by atoms with E-state index in [0.29, 0.717) is 23.0 Å². The molecule has 0 saturated carbocycles. The highest BCUT2D eigenvalue weighted by molar-refractivity contribution is 6.31. The first-order valence-electron chi connectivity index (χ1n) is 8.85. The zero-order valence-corrected chi connectivity index (χ0v) is 15.9. The number of halogens is 2. The Hall–Kier alpha value is -3.45. The molecule has 2 heterocycles. The standard InChI is InChI=1S/C21H16ClFN4O2/c22-17-11-16(23)9-8-15(17)12-24-19(28)13-27-10-4-7-18(27)21-25-20(26-29-21)14-5-2-1-3-6-14/h1-11H,12-13H2,(H,24,28). The molecule has 0 atom stereocenters. The molecule has 0 aliphatic heterocycles. The van der Waals surface area contributed by atoms with Gasteiger partial charge in [-0.2, -0.15) is 4.98 Å². The summed E-state index contributed by atoms with van der Waals surface area (Å²) >= 11 is 5.99. The molecule has 0 aliphatic rings. The third-order valence-electron chi connectivity index (χ3n) is 4.31. The van der Waals surface area contributed by atoms with Crippen LogP contribution in [0.2, 0.25) is 5.02 Å². The van der Waals surface area contributed by atoms with E-state index in [-0.39, 0.29) is 24.0 Å². The number of hydrogen-bond donors (Lipinski definition) is 1. The molecule has 4 rings (SSSR count). The summed E-state index contributed by atoms with van der Waals surface area (Å²) in [4.78, 5) is 16.8. The van der Waals surface area contributed by atoms with Crippen molar-refractivity contribution >= 4 is 17.5 Å². The van der Waals surface area contributed by atoms with Crippen LogP contribution in [0.5, 0.6) is 0 Å². The van der Waals surface area contributed by atoms with Crippen LogP contribution in [0.1, 0.15) is 5.56 Å². The summed E-state index contributed by atoms with van der Waals surface area (Å²) in [5.41, 5.74) is 2.11. The van der Waals surface area contributed by atoms with Crippen LogP contribution >= 0.6 is 11.6 Å². The average Bonchev–Trinajstić information content (AvgIpc) is 3.37. The molecule has 0 spiro atoms. The Bertz CT molecular complexity index is 1140. The smallest absolute Gasteiger partial charge is 0.274 e. The summed E-state index contributed by atoms with van der Waals surface area (Å²) in [5.74, 6) is 0.147. The van der Waals surface area contributed by atoms with E-state index in [4.69, 9.17) is 16.1 Å². The number of rotatable bonds is 6. The fourth-order valence-corrected chi connectivity index (χ4v) is 3.08. The van der Waals surface area contributed by atoms with Crippen LogP contribution < -0.4 is 5.32 Å². The van der Waals surface area contributed by atoms with Crippen molar-refractivity contribution in [3.63, 3.8) is 0 Å². The van der Waals surface area contributed by atoms with Crippen LogP contribution in [0.25, 0.3) is 23.0 Å². The van der Waals surface area contributed by atoms with Crippen molar-refractivity contribution in [2.24, 2.45) is 0 Å². The number of carbonyl (C=O) groups is 1. The molecule has 0 unspecified atom stereocenters. The molecule has 0 bridgehead atoms. The van der Waals surface area contributed by atoms with E-state index >= 15 is 0 Å². The zero-order valence-electron chi connectivity index (χ0n) is 15.2. The molecule has 2 aromatic carbocycles. The van der Waals surface area contributed by atoms with Gasteiger partial charge >= 0.3 is 0 Å². The summed E-state index contributed by atoms with van der Waals surface area (Å²) in [6.45, 7) is 0.261. The lowest BCUT2D eigenvalue weighted by molar-refractivity contribution is -0.121. The highest BCUT2D eigenvalue weighted by atomic mass is 35.5. The second-order valence-corrected chi connectivity index (χ2v) is 6.73. The maximum atomic E-state index is 13.1. The van der Waals surface area contributed by atoms with Gasteiger partial charge in [0.25, 0.3) is 5.89 Å². The number of nitrogens with zero attached hydrogens (tertiary/aromatic N) is 3. The van der Waals surface area contributed by atoms with Gasteiger partial charge in [0.2, 0.25) is 11.7 Å². The quantitative estimate of drug-likeness (QED) is 0.514. The summed E-state index contributed by atoms with van der Waals surface area (Å²) in [6, 6.07) is 17.1. The summed E-state index contributed by atoms with van der Waals surface area (Å²) in [7, 11) is 0. The van der Waals surface area contributed by atoms with E-state index < -0.39 is 5.82 Å². The van der Waals surface area contributed by atoms with Crippen molar-refractivity contribution in [2.75, 3.05) is 0 Å². The maximum absolute atomic E-state index is 13.1. The zero-order chi connectivity index (χ0) is 20.2. The van der Waals surface area contributed by atoms with Crippen LogP contribution in [0, 0.1) is 5.82 Å². The van der Waals surface area contributed by atoms with E-state index in [9.17, 15) is 9.18 Å². The minimum Gasteiger partial charge on any atom is -0.350 e. The molecule has 29 heavy (non-hydrogen) atoms. The number of aromatic nitrogens is 3. The average molecular weight is 411 g/mol. The van der Waals surface area contributed by atoms with Gasteiger partial charge in [0.15, 0.2) is 0 Å². The molecule has 0 fully saturated rings. The van der Waals surface area contributed by atoms with Crippen LogP contribution in [0.3, 0.4) is 0 Å². The number of nitrogens with one attached hydrogen (secondary N) is 1. The van der Waals surface area contributed by atoms with Crippen molar-refractivity contribution in [1.29, 1.82) is 0 Å². The van der Waals surface area contributed by atoms with Gasteiger partial charge < -0.3 is 14.4 Å². The summed E-state index contributed by atoms with van der Waals surface area (Å²) < 4.78 is 20.2. The number of carbonyl (C=O) groups excluding carboxylic acids is 1. The van der Waals surface area contributed by atoms with E-state index in [1.165, 1.54) is 12.1 Å². The van der Waals surface area contributed by atoms with Gasteiger partial charge in [0.05, 0.1) is 0 Å². The maximum Gasteiger partial charge on any atom is 0.274 e. The highest BCUT2D eigenvalue weighted by Gasteiger charge is 2.15. The SMILES string of the molecule is O=C(Cn1cccc1-c1nc(-c2ccccc2)no1)NCc1ccc(F)cc1Cl. The second kappa shape index (κ2) is 8.28. The third kappa shape index (κ3) is 4.35. The van der Waals surface area contributed by atoms with Crippen LogP contribution in [-0.4, -0.2) is 20.6 Å². The van der Waals surface area contributed by atoms with Gasteiger partial charge in [-0.1, -0.05) is 53.2 Å². The van der Waals surface area contributed by atoms with E-state index in [0.717, 1.165) is 5.56 Å². The first-order chi connectivity index (χ1) is 14.1. The molecule has 0 radical (unpaired) electrons. The van der Waals surface area contributed by atoms with Gasteiger partial charge in [-0.15, -0.1) is 0 Å². The van der Waals surface area contributed by atoms with Crippen LogP contribution in [0.4, 0.5) is 4.39 Å². The van der Waals surface area contributed by atoms with Crippen LogP contribution in [0.15, 0.2) is 71.4 Å². The van der Waals surface area contributed by atoms with Crippen molar-refractivity contribution in [1.82, 2.24) is 20.0 Å². The summed E-state index contributed by atoms with van der Waals surface area (Å²) in [5, 5.41) is 7.05. The molecular weight excluding hydrogens is 395 g/mol. The minimum absolute atomic E-state index is 0.0597. The molecule has 146 valence electrons. The monoisotopic (exact) mass is 410 g/mol. The van der Waals surface area contributed by atoms with Crippen molar-refractivity contribution in [2.45, 2.75) is 13.1 Å². The lowest BCUT2D eigenvalue weighted by atomic mass is 10.2. The van der Waals surface area contributed by atoms with Crippen molar-refractivity contribution in [3.05, 3.63) is 83.3 Å². The van der Waals surface area contributed by atoms with Gasteiger partial charge in [-0.25, -0.2) is 4.39 Å². The normalized spacial score (nSPS) is 10.8. The van der Waals surface area contributed by atoms with Gasteiger partial charge in [-0.05, 0) is 29.8 Å². The van der Waals surface area contributed by atoms with Crippen molar-refractivity contribution < 1.29 is 13.7 Å². The Balaban J connectivity index is 1.44. The Morgan fingerprint density at radius 3 is 2.76 bits per heavy atom. The van der Waals surface area contributed by atoms with E-state index in [1.807, 2.05) is 30.3 Å². The van der Waals surface area contributed by atoms with E-state index in [1.54, 1.807) is 29.0 Å². The number of hydrogen-bond acceptors (Lipinski definition) is 4. The number of benzene rings is 2. The van der Waals surface area contributed by atoms with E-state index in [2.05, 4.69) is 15.5 Å². The first kappa shape index (κ1) is 18.9. The molecule has 0 saturated heterocycles. The fourth-order valence-electron chi connectivity index (χ4n) is 2.85. The lowest BCUT2D eigenvalue weighted by Crippen LogP contribution is -2.27. The second-order valence-electron chi connectivity index (χ2n) is 6.32. The molecule has 6 nitrogen and oxygen atoms in total. The van der Waals surface area contributed by atoms with Crippen LogP contribution in [-0.2, 0) is 17.9 Å². The first-order valence-corrected chi connectivity index (χ1v) is 9.23. The topological polar surface area (TPSA) is 73.0 Å². The molecule has 8 heteroatoms. The van der Waals surface area contributed by atoms with Gasteiger partial charge in [-0.3, -0.25) is 4.79 Å². The fraction of sp³-hybridized carbons (Fsp3) is 0.0952. The summed E-state index contributed by atoms with van der Waals surface area (Å²) in [6.07, 6.45) is 1.76. The lowest BCUT2D eigenvalue weighted by Gasteiger charge is -2.09. The van der Waals surface area contributed by atoms with Gasteiger partial charge in [0.1, 0.15) is 18.1 Å².